The lowest BCUT2D eigenvalue weighted by atomic mass is 10.1. The first-order valence-corrected chi connectivity index (χ1v) is 10.5. The van der Waals surface area contributed by atoms with Crippen LogP contribution >= 0.6 is 0 Å². The van der Waals surface area contributed by atoms with Gasteiger partial charge in [0.25, 0.3) is 0 Å². The van der Waals surface area contributed by atoms with Crippen LogP contribution in [0.25, 0.3) is 0 Å². The van der Waals surface area contributed by atoms with E-state index in [1.807, 2.05) is 51.4 Å². The summed E-state index contributed by atoms with van der Waals surface area (Å²) in [4.78, 5) is 27.3. The quantitative estimate of drug-likeness (QED) is 0.762. The van der Waals surface area contributed by atoms with Crippen LogP contribution in [0.3, 0.4) is 0 Å². The van der Waals surface area contributed by atoms with Crippen molar-refractivity contribution in [2.45, 2.75) is 45.6 Å². The van der Waals surface area contributed by atoms with Crippen LogP contribution in [0.1, 0.15) is 48.5 Å². The minimum absolute atomic E-state index is 0.0615. The number of nitrogens with one attached hydrogen (secondary N) is 2. The SMILES string of the molecule is Cc1ccc(NC(=O)C(=O)NCC(c2cccn2C)N2CCCCCC2)cc1C. The Morgan fingerprint density at radius 3 is 2.34 bits per heavy atom. The molecule has 0 bridgehead atoms. The summed E-state index contributed by atoms with van der Waals surface area (Å²) < 4.78 is 2.09. The van der Waals surface area contributed by atoms with Crippen LogP contribution in [-0.4, -0.2) is 40.9 Å². The highest BCUT2D eigenvalue weighted by molar-refractivity contribution is 6.39. The first-order chi connectivity index (χ1) is 14.0. The molecular weight excluding hydrogens is 364 g/mol. The smallest absolute Gasteiger partial charge is 0.313 e. The molecule has 2 heterocycles. The maximum absolute atomic E-state index is 12.5. The minimum atomic E-state index is -0.630. The third-order valence-corrected chi connectivity index (χ3v) is 5.83. The largest absolute Gasteiger partial charge is 0.353 e. The molecule has 29 heavy (non-hydrogen) atoms. The number of carbonyl (C=O) groups excluding carboxylic acids is 2. The zero-order valence-corrected chi connectivity index (χ0v) is 17.7. The summed E-state index contributed by atoms with van der Waals surface area (Å²) in [6.07, 6.45) is 6.86. The highest BCUT2D eigenvalue weighted by Crippen LogP contribution is 2.24. The Morgan fingerprint density at radius 2 is 1.72 bits per heavy atom. The molecule has 1 atom stereocenters. The highest BCUT2D eigenvalue weighted by Gasteiger charge is 2.25. The van der Waals surface area contributed by atoms with Gasteiger partial charge in [-0.2, -0.15) is 0 Å². The molecule has 156 valence electrons. The van der Waals surface area contributed by atoms with Gasteiger partial charge in [-0.1, -0.05) is 18.9 Å². The summed E-state index contributed by atoms with van der Waals surface area (Å²) in [6.45, 7) is 6.44. The van der Waals surface area contributed by atoms with Gasteiger partial charge in [-0.25, -0.2) is 0 Å². The molecule has 1 saturated heterocycles. The lowest BCUT2D eigenvalue weighted by molar-refractivity contribution is -0.136. The summed E-state index contributed by atoms with van der Waals surface area (Å²) in [5, 5.41) is 5.56. The van der Waals surface area contributed by atoms with Crippen LogP contribution in [0.5, 0.6) is 0 Å². The van der Waals surface area contributed by atoms with Crippen LogP contribution in [0.4, 0.5) is 5.69 Å². The number of hydrogen-bond acceptors (Lipinski definition) is 3. The van der Waals surface area contributed by atoms with Crippen LogP contribution < -0.4 is 10.6 Å². The molecule has 6 nitrogen and oxygen atoms in total. The van der Waals surface area contributed by atoms with Gasteiger partial charge >= 0.3 is 11.8 Å². The molecular formula is C23H32N4O2. The summed E-state index contributed by atoms with van der Waals surface area (Å²) >= 11 is 0. The van der Waals surface area contributed by atoms with Crippen molar-refractivity contribution in [1.29, 1.82) is 0 Å². The highest BCUT2D eigenvalue weighted by atomic mass is 16.2. The zero-order chi connectivity index (χ0) is 20.8. The van der Waals surface area contributed by atoms with Gasteiger partial charge in [0.1, 0.15) is 0 Å². The predicted molar refractivity (Wildman–Crippen MR) is 116 cm³/mol. The topological polar surface area (TPSA) is 66.4 Å². The Kier molecular flexibility index (Phi) is 7.09. The summed E-state index contributed by atoms with van der Waals surface area (Å²) in [5.41, 5.74) is 4.02. The molecule has 1 aliphatic heterocycles. The van der Waals surface area contributed by atoms with E-state index in [1.165, 1.54) is 25.7 Å². The number of carbonyl (C=O) groups is 2. The van der Waals surface area contributed by atoms with Crippen LogP contribution in [0.2, 0.25) is 0 Å². The molecule has 0 aliphatic carbocycles. The lowest BCUT2D eigenvalue weighted by Gasteiger charge is -2.31. The maximum Gasteiger partial charge on any atom is 0.313 e. The summed E-state index contributed by atoms with van der Waals surface area (Å²) in [6, 6.07) is 9.81. The molecule has 1 aromatic carbocycles. The van der Waals surface area contributed by atoms with E-state index in [9.17, 15) is 9.59 Å². The van der Waals surface area contributed by atoms with E-state index in [2.05, 4.69) is 26.2 Å². The van der Waals surface area contributed by atoms with Crippen molar-refractivity contribution in [3.8, 4) is 0 Å². The Hall–Kier alpha value is -2.60. The number of benzene rings is 1. The average Bonchev–Trinajstić information content (AvgIpc) is 2.94. The third kappa shape index (κ3) is 5.48. The van der Waals surface area contributed by atoms with Crippen molar-refractivity contribution in [2.24, 2.45) is 7.05 Å². The van der Waals surface area contributed by atoms with Gasteiger partial charge in [-0.15, -0.1) is 0 Å². The Labute approximate surface area is 173 Å². The predicted octanol–water partition coefficient (Wildman–Crippen LogP) is 3.31. The molecule has 0 saturated carbocycles. The second kappa shape index (κ2) is 9.74. The first-order valence-electron chi connectivity index (χ1n) is 10.5. The van der Waals surface area contributed by atoms with Crippen LogP contribution in [0.15, 0.2) is 36.5 Å². The van der Waals surface area contributed by atoms with E-state index >= 15 is 0 Å². The molecule has 2 amide bonds. The summed E-state index contributed by atoms with van der Waals surface area (Å²) in [5.74, 6) is -1.23. The fraction of sp³-hybridized carbons (Fsp3) is 0.478. The number of aromatic nitrogens is 1. The maximum atomic E-state index is 12.5. The van der Waals surface area contributed by atoms with Gasteiger partial charge in [0.05, 0.1) is 6.04 Å². The number of nitrogens with zero attached hydrogens (tertiary/aromatic N) is 2. The van der Waals surface area contributed by atoms with E-state index in [0.717, 1.165) is 29.9 Å². The van der Waals surface area contributed by atoms with Crippen molar-refractivity contribution < 1.29 is 9.59 Å². The standard InChI is InChI=1S/C23H32N4O2/c1-17-10-11-19(15-18(17)2)25-23(29)22(28)24-16-21(20-9-8-12-26(20)3)27-13-6-4-5-7-14-27/h8-12,15,21H,4-7,13-14,16H2,1-3H3,(H,24,28)(H,25,29). The lowest BCUT2D eigenvalue weighted by Crippen LogP contribution is -2.42. The average molecular weight is 397 g/mol. The number of rotatable bonds is 5. The number of amides is 2. The Balaban J connectivity index is 1.64. The first kappa shape index (κ1) is 21.1. The molecule has 3 rings (SSSR count). The molecule has 0 radical (unpaired) electrons. The van der Waals surface area contributed by atoms with Crippen LogP contribution in [0, 0.1) is 13.8 Å². The monoisotopic (exact) mass is 396 g/mol. The fourth-order valence-corrected chi connectivity index (χ4v) is 3.92. The van der Waals surface area contributed by atoms with E-state index < -0.39 is 11.8 Å². The second-order valence-corrected chi connectivity index (χ2v) is 7.97. The van der Waals surface area contributed by atoms with E-state index in [1.54, 1.807) is 0 Å². The number of anilines is 1. The third-order valence-electron chi connectivity index (χ3n) is 5.83. The zero-order valence-electron chi connectivity index (χ0n) is 17.7. The molecule has 1 fully saturated rings. The van der Waals surface area contributed by atoms with Crippen molar-refractivity contribution in [3.05, 3.63) is 53.3 Å². The molecule has 1 aromatic heterocycles. The summed E-state index contributed by atoms with van der Waals surface area (Å²) in [7, 11) is 2.02. The molecule has 2 N–H and O–H groups in total. The number of aryl methyl sites for hydroxylation is 3. The molecule has 1 aliphatic rings. The second-order valence-electron chi connectivity index (χ2n) is 7.97. The van der Waals surface area contributed by atoms with Gasteiger partial charge in [0.15, 0.2) is 0 Å². The fourth-order valence-electron chi connectivity index (χ4n) is 3.92. The van der Waals surface area contributed by atoms with Gasteiger partial charge in [0, 0.05) is 31.2 Å². The molecule has 1 unspecified atom stereocenters. The minimum Gasteiger partial charge on any atom is -0.353 e. The van der Waals surface area contributed by atoms with Crippen molar-refractivity contribution in [1.82, 2.24) is 14.8 Å². The van der Waals surface area contributed by atoms with E-state index in [-0.39, 0.29) is 6.04 Å². The Morgan fingerprint density at radius 1 is 1.00 bits per heavy atom. The normalized spacial score (nSPS) is 16.1. The molecule has 0 spiro atoms. The van der Waals surface area contributed by atoms with Gasteiger partial charge in [-0.3, -0.25) is 14.5 Å². The number of hydrogen-bond donors (Lipinski definition) is 2. The number of likely N-dealkylation sites (tertiary alicyclic amines) is 1. The van der Waals surface area contributed by atoms with Gasteiger partial charge in [0.2, 0.25) is 0 Å². The van der Waals surface area contributed by atoms with Crippen molar-refractivity contribution >= 4 is 17.5 Å². The van der Waals surface area contributed by atoms with Gasteiger partial charge < -0.3 is 15.2 Å². The van der Waals surface area contributed by atoms with E-state index in [4.69, 9.17) is 0 Å². The Bertz CT molecular complexity index is 850. The molecule has 6 heteroatoms. The van der Waals surface area contributed by atoms with E-state index in [0.29, 0.717) is 12.2 Å². The molecule has 2 aromatic rings. The van der Waals surface area contributed by atoms with Gasteiger partial charge in [-0.05, 0) is 75.2 Å². The van der Waals surface area contributed by atoms with Crippen molar-refractivity contribution in [2.75, 3.05) is 25.0 Å². The van der Waals surface area contributed by atoms with Crippen molar-refractivity contribution in [3.63, 3.8) is 0 Å². The van der Waals surface area contributed by atoms with Crippen LogP contribution in [-0.2, 0) is 16.6 Å².